The summed E-state index contributed by atoms with van der Waals surface area (Å²) in [6.07, 6.45) is 5.24. The molecule has 0 aromatic heterocycles. The van der Waals surface area contributed by atoms with Crippen LogP contribution in [0.4, 0.5) is 0 Å². The van der Waals surface area contributed by atoms with Crippen molar-refractivity contribution in [1.29, 1.82) is 0 Å². The summed E-state index contributed by atoms with van der Waals surface area (Å²) in [5, 5.41) is 3.22. The van der Waals surface area contributed by atoms with E-state index in [0.717, 1.165) is 28.9 Å². The van der Waals surface area contributed by atoms with Crippen molar-refractivity contribution in [2.24, 2.45) is 5.92 Å². The molecule has 1 aliphatic rings. The molecule has 1 fully saturated rings. The van der Waals surface area contributed by atoms with Crippen LogP contribution >= 0.6 is 0 Å². The first-order valence-corrected chi connectivity index (χ1v) is 7.94. The molecule has 3 nitrogen and oxygen atoms in total. The third kappa shape index (κ3) is 3.99. The van der Waals surface area contributed by atoms with Crippen LogP contribution in [0.15, 0.2) is 12.1 Å². The van der Waals surface area contributed by atoms with Gasteiger partial charge in [-0.2, -0.15) is 0 Å². The van der Waals surface area contributed by atoms with Gasteiger partial charge in [-0.1, -0.05) is 25.8 Å². The van der Waals surface area contributed by atoms with Crippen LogP contribution in [0.1, 0.15) is 49.3 Å². The quantitative estimate of drug-likeness (QED) is 0.920. The van der Waals surface area contributed by atoms with Crippen LogP contribution in [0, 0.1) is 19.8 Å². The van der Waals surface area contributed by atoms with Crippen molar-refractivity contribution < 1.29 is 9.53 Å². The highest BCUT2D eigenvalue weighted by molar-refractivity contribution is 5.80. The van der Waals surface area contributed by atoms with Gasteiger partial charge in [0.05, 0.1) is 13.5 Å². The first kappa shape index (κ1) is 15.9. The van der Waals surface area contributed by atoms with Crippen molar-refractivity contribution in [1.82, 2.24) is 5.32 Å². The van der Waals surface area contributed by atoms with Gasteiger partial charge in [0.25, 0.3) is 0 Å². The highest BCUT2D eigenvalue weighted by Gasteiger charge is 2.23. The molecule has 0 spiro atoms. The molecule has 2 rings (SSSR count). The fourth-order valence-electron chi connectivity index (χ4n) is 3.32. The van der Waals surface area contributed by atoms with E-state index in [0.29, 0.717) is 18.4 Å². The molecule has 1 aliphatic carbocycles. The number of amides is 1. The fourth-order valence-corrected chi connectivity index (χ4v) is 3.32. The summed E-state index contributed by atoms with van der Waals surface area (Å²) in [5.41, 5.74) is 3.29. The second-order valence-electron chi connectivity index (χ2n) is 6.38. The number of carbonyl (C=O) groups excluding carboxylic acids is 1. The normalized spacial score (nSPS) is 21.9. The lowest BCUT2D eigenvalue weighted by molar-refractivity contribution is -0.121. The SMILES string of the molecule is COc1cc(C)cc(C)c1CC(=O)NC1CCCCC1C. The van der Waals surface area contributed by atoms with Gasteiger partial charge in [-0.3, -0.25) is 4.79 Å². The third-order valence-corrected chi connectivity index (χ3v) is 4.59. The number of benzene rings is 1. The summed E-state index contributed by atoms with van der Waals surface area (Å²) in [6, 6.07) is 4.44. The average Bonchev–Trinajstić information content (AvgIpc) is 2.44. The lowest BCUT2D eigenvalue weighted by Gasteiger charge is -2.29. The predicted molar refractivity (Wildman–Crippen MR) is 85.7 cm³/mol. The third-order valence-electron chi connectivity index (χ3n) is 4.59. The number of hydrogen-bond donors (Lipinski definition) is 1. The van der Waals surface area contributed by atoms with Crippen LogP contribution < -0.4 is 10.1 Å². The summed E-state index contributed by atoms with van der Waals surface area (Å²) >= 11 is 0. The molecular weight excluding hydrogens is 262 g/mol. The first-order chi connectivity index (χ1) is 10.0. The highest BCUT2D eigenvalue weighted by Crippen LogP contribution is 2.26. The number of aryl methyl sites for hydroxylation is 2. The molecule has 2 atom stereocenters. The first-order valence-electron chi connectivity index (χ1n) is 7.94. The van der Waals surface area contributed by atoms with Crippen molar-refractivity contribution in [3.63, 3.8) is 0 Å². The smallest absolute Gasteiger partial charge is 0.224 e. The standard InChI is InChI=1S/C18H27NO2/c1-12-9-14(3)15(17(10-12)21-4)11-18(20)19-16-8-6-5-7-13(16)2/h9-10,13,16H,5-8,11H2,1-4H3,(H,19,20). The van der Waals surface area contributed by atoms with Crippen LogP contribution in [-0.2, 0) is 11.2 Å². The predicted octanol–water partition coefficient (Wildman–Crippen LogP) is 3.55. The molecule has 116 valence electrons. The van der Waals surface area contributed by atoms with E-state index in [-0.39, 0.29) is 5.91 Å². The van der Waals surface area contributed by atoms with Gasteiger partial charge in [0.15, 0.2) is 0 Å². The van der Waals surface area contributed by atoms with Crippen molar-refractivity contribution in [2.45, 2.75) is 58.9 Å². The summed E-state index contributed by atoms with van der Waals surface area (Å²) in [7, 11) is 1.67. The number of ether oxygens (including phenoxy) is 1. The number of hydrogen-bond acceptors (Lipinski definition) is 2. The Balaban J connectivity index is 2.05. The Bertz CT molecular complexity index is 510. The van der Waals surface area contributed by atoms with Gasteiger partial charge in [0, 0.05) is 11.6 Å². The van der Waals surface area contributed by atoms with Gasteiger partial charge in [0.2, 0.25) is 5.91 Å². The second-order valence-corrected chi connectivity index (χ2v) is 6.38. The number of nitrogens with one attached hydrogen (secondary N) is 1. The van der Waals surface area contributed by atoms with Crippen molar-refractivity contribution >= 4 is 5.91 Å². The van der Waals surface area contributed by atoms with Gasteiger partial charge in [-0.15, -0.1) is 0 Å². The Morgan fingerprint density at radius 1 is 1.29 bits per heavy atom. The zero-order valence-corrected chi connectivity index (χ0v) is 13.7. The van der Waals surface area contributed by atoms with E-state index < -0.39 is 0 Å². The Labute approximate surface area is 128 Å². The van der Waals surface area contributed by atoms with Crippen molar-refractivity contribution in [2.75, 3.05) is 7.11 Å². The van der Waals surface area contributed by atoms with E-state index in [1.807, 2.05) is 19.9 Å². The number of carbonyl (C=O) groups is 1. The topological polar surface area (TPSA) is 38.3 Å². The van der Waals surface area contributed by atoms with Crippen LogP contribution in [0.25, 0.3) is 0 Å². The molecule has 0 heterocycles. The zero-order chi connectivity index (χ0) is 15.4. The largest absolute Gasteiger partial charge is 0.496 e. The van der Waals surface area contributed by atoms with E-state index in [1.54, 1.807) is 7.11 Å². The second kappa shape index (κ2) is 6.97. The maximum Gasteiger partial charge on any atom is 0.224 e. The van der Waals surface area contributed by atoms with E-state index >= 15 is 0 Å². The molecule has 0 aliphatic heterocycles. The van der Waals surface area contributed by atoms with Crippen LogP contribution in [0.3, 0.4) is 0 Å². The highest BCUT2D eigenvalue weighted by atomic mass is 16.5. The van der Waals surface area contributed by atoms with Gasteiger partial charge in [-0.25, -0.2) is 0 Å². The average molecular weight is 289 g/mol. The Hall–Kier alpha value is -1.51. The minimum absolute atomic E-state index is 0.110. The summed E-state index contributed by atoms with van der Waals surface area (Å²) in [4.78, 5) is 12.4. The van der Waals surface area contributed by atoms with Crippen LogP contribution in [0.2, 0.25) is 0 Å². The fraction of sp³-hybridized carbons (Fsp3) is 0.611. The molecule has 0 radical (unpaired) electrons. The van der Waals surface area contributed by atoms with E-state index in [4.69, 9.17) is 4.74 Å². The maximum absolute atomic E-state index is 12.4. The molecule has 0 saturated heterocycles. The molecule has 0 bridgehead atoms. The van der Waals surface area contributed by atoms with Gasteiger partial charge >= 0.3 is 0 Å². The molecule has 1 saturated carbocycles. The molecule has 1 aromatic rings. The van der Waals surface area contributed by atoms with E-state index in [2.05, 4.69) is 18.3 Å². The lowest BCUT2D eigenvalue weighted by Crippen LogP contribution is -2.41. The van der Waals surface area contributed by atoms with Gasteiger partial charge in [-0.05, 0) is 49.8 Å². The zero-order valence-electron chi connectivity index (χ0n) is 13.7. The monoisotopic (exact) mass is 289 g/mol. The molecular formula is C18H27NO2. The number of methoxy groups -OCH3 is 1. The van der Waals surface area contributed by atoms with Crippen molar-refractivity contribution in [3.05, 3.63) is 28.8 Å². The Kier molecular flexibility index (Phi) is 5.27. The van der Waals surface area contributed by atoms with Crippen molar-refractivity contribution in [3.8, 4) is 5.75 Å². The molecule has 2 unspecified atom stereocenters. The van der Waals surface area contributed by atoms with Crippen LogP contribution in [0.5, 0.6) is 5.75 Å². The number of rotatable bonds is 4. The van der Waals surface area contributed by atoms with Gasteiger partial charge < -0.3 is 10.1 Å². The molecule has 1 amide bonds. The summed E-state index contributed by atoms with van der Waals surface area (Å²) in [6.45, 7) is 6.33. The Morgan fingerprint density at radius 3 is 2.67 bits per heavy atom. The molecule has 1 aromatic carbocycles. The van der Waals surface area contributed by atoms with E-state index in [1.165, 1.54) is 19.3 Å². The molecule has 3 heteroatoms. The minimum atomic E-state index is 0.110. The minimum Gasteiger partial charge on any atom is -0.496 e. The van der Waals surface area contributed by atoms with E-state index in [9.17, 15) is 4.79 Å². The Morgan fingerprint density at radius 2 is 2.00 bits per heavy atom. The maximum atomic E-state index is 12.4. The molecule has 21 heavy (non-hydrogen) atoms. The molecule has 1 N–H and O–H groups in total. The van der Waals surface area contributed by atoms with Crippen LogP contribution in [-0.4, -0.2) is 19.1 Å². The summed E-state index contributed by atoms with van der Waals surface area (Å²) < 4.78 is 5.44. The van der Waals surface area contributed by atoms with Gasteiger partial charge in [0.1, 0.15) is 5.75 Å². The lowest BCUT2D eigenvalue weighted by atomic mass is 9.86. The summed E-state index contributed by atoms with van der Waals surface area (Å²) in [5.74, 6) is 1.52.